The van der Waals surface area contributed by atoms with Crippen LogP contribution >= 0.6 is 0 Å². The zero-order valence-corrected chi connectivity index (χ0v) is 14.8. The fourth-order valence-corrected chi connectivity index (χ4v) is 1.76. The Kier molecular flexibility index (Phi) is 8.97. The molecule has 9 heteroatoms. The van der Waals surface area contributed by atoms with E-state index in [1.54, 1.807) is 6.92 Å². The Hall–Kier alpha value is -2.16. The van der Waals surface area contributed by atoms with Crippen LogP contribution in [0.25, 0.3) is 0 Å². The zero-order valence-electron chi connectivity index (χ0n) is 14.8. The summed E-state index contributed by atoms with van der Waals surface area (Å²) in [6.07, 6.45) is 0.633. The molecule has 138 valence electrons. The van der Waals surface area contributed by atoms with Gasteiger partial charge >= 0.3 is 5.97 Å². The third-order valence-corrected chi connectivity index (χ3v) is 3.69. The molecule has 0 bridgehead atoms. The lowest BCUT2D eigenvalue weighted by molar-refractivity contribution is -0.141. The molecule has 9 nitrogen and oxygen atoms in total. The van der Waals surface area contributed by atoms with Gasteiger partial charge in [0.1, 0.15) is 18.1 Å². The molecule has 0 aliphatic rings. The van der Waals surface area contributed by atoms with Crippen molar-refractivity contribution in [2.24, 2.45) is 11.7 Å². The molecule has 0 saturated carbocycles. The van der Waals surface area contributed by atoms with E-state index in [1.807, 2.05) is 6.92 Å². The number of hydrogen-bond acceptors (Lipinski definition) is 5. The second-order valence-corrected chi connectivity index (χ2v) is 5.96. The van der Waals surface area contributed by atoms with Crippen molar-refractivity contribution in [3.8, 4) is 0 Å². The molecular weight excluding hydrogens is 316 g/mol. The van der Waals surface area contributed by atoms with Gasteiger partial charge in [-0.2, -0.15) is 0 Å². The van der Waals surface area contributed by atoms with Gasteiger partial charge < -0.3 is 26.8 Å². The Balaban J connectivity index is 4.89. The van der Waals surface area contributed by atoms with E-state index in [4.69, 9.17) is 10.8 Å². The maximum absolute atomic E-state index is 12.4. The SMILES string of the molecule is CCC(C)C(NC(=O)C(C)N)C(=O)NC(C)C(=O)NC(C)C(=O)O. The largest absolute Gasteiger partial charge is 0.480 e. The van der Waals surface area contributed by atoms with E-state index < -0.39 is 47.9 Å². The molecule has 0 saturated heterocycles. The van der Waals surface area contributed by atoms with E-state index in [0.717, 1.165) is 0 Å². The Morgan fingerprint density at radius 2 is 1.38 bits per heavy atom. The summed E-state index contributed by atoms with van der Waals surface area (Å²) in [5.74, 6) is -2.96. The van der Waals surface area contributed by atoms with E-state index in [0.29, 0.717) is 6.42 Å². The van der Waals surface area contributed by atoms with Crippen molar-refractivity contribution >= 4 is 23.7 Å². The highest BCUT2D eigenvalue weighted by Crippen LogP contribution is 2.08. The second kappa shape index (κ2) is 9.86. The van der Waals surface area contributed by atoms with E-state index in [9.17, 15) is 19.2 Å². The van der Waals surface area contributed by atoms with Gasteiger partial charge in [0.15, 0.2) is 0 Å². The van der Waals surface area contributed by atoms with Crippen LogP contribution in [0.15, 0.2) is 0 Å². The minimum Gasteiger partial charge on any atom is -0.480 e. The maximum atomic E-state index is 12.4. The molecule has 5 unspecified atom stereocenters. The van der Waals surface area contributed by atoms with Gasteiger partial charge in [0.2, 0.25) is 17.7 Å². The smallest absolute Gasteiger partial charge is 0.325 e. The van der Waals surface area contributed by atoms with Gasteiger partial charge in [0.25, 0.3) is 0 Å². The number of carbonyl (C=O) groups excluding carboxylic acids is 3. The molecule has 6 N–H and O–H groups in total. The fourth-order valence-electron chi connectivity index (χ4n) is 1.76. The van der Waals surface area contributed by atoms with E-state index >= 15 is 0 Å². The van der Waals surface area contributed by atoms with Crippen LogP contribution in [0.5, 0.6) is 0 Å². The van der Waals surface area contributed by atoms with Gasteiger partial charge in [-0.3, -0.25) is 19.2 Å². The Bertz CT molecular complexity index is 480. The number of carboxylic acids is 1. The van der Waals surface area contributed by atoms with Crippen LogP contribution in [0.1, 0.15) is 41.0 Å². The first-order chi connectivity index (χ1) is 11.0. The number of carbonyl (C=O) groups is 4. The first-order valence-corrected chi connectivity index (χ1v) is 7.90. The quantitative estimate of drug-likeness (QED) is 0.360. The van der Waals surface area contributed by atoms with Crippen molar-refractivity contribution in [2.75, 3.05) is 0 Å². The molecule has 0 radical (unpaired) electrons. The molecule has 0 aliphatic carbocycles. The number of nitrogens with one attached hydrogen (secondary N) is 3. The molecule has 0 rings (SSSR count). The summed E-state index contributed by atoms with van der Waals surface area (Å²) in [6, 6.07) is -3.61. The predicted molar refractivity (Wildman–Crippen MR) is 87.9 cm³/mol. The molecule has 0 aliphatic heterocycles. The molecule has 0 aromatic heterocycles. The van der Waals surface area contributed by atoms with Crippen molar-refractivity contribution in [2.45, 2.75) is 65.2 Å². The van der Waals surface area contributed by atoms with Crippen molar-refractivity contribution in [1.82, 2.24) is 16.0 Å². The third-order valence-electron chi connectivity index (χ3n) is 3.69. The summed E-state index contributed by atoms with van der Waals surface area (Å²) in [6.45, 7) is 7.92. The Morgan fingerprint density at radius 1 is 0.875 bits per heavy atom. The monoisotopic (exact) mass is 344 g/mol. The van der Waals surface area contributed by atoms with Crippen LogP contribution in [0.2, 0.25) is 0 Å². The average molecular weight is 344 g/mol. The van der Waals surface area contributed by atoms with E-state index in [-0.39, 0.29) is 5.92 Å². The summed E-state index contributed by atoms with van der Waals surface area (Å²) >= 11 is 0. The standard InChI is InChI=1S/C15H28N4O5/c1-6-7(2)11(19-12(20)8(3)16)14(22)17-9(4)13(21)18-10(5)15(23)24/h7-11H,6,16H2,1-5H3,(H,17,22)(H,18,21)(H,19,20)(H,23,24). The van der Waals surface area contributed by atoms with Crippen LogP contribution in [-0.4, -0.2) is 53.0 Å². The fraction of sp³-hybridized carbons (Fsp3) is 0.733. The van der Waals surface area contributed by atoms with Crippen LogP contribution in [0.3, 0.4) is 0 Å². The van der Waals surface area contributed by atoms with Gasteiger partial charge in [0, 0.05) is 0 Å². The number of amides is 3. The van der Waals surface area contributed by atoms with E-state index in [1.165, 1.54) is 20.8 Å². The maximum Gasteiger partial charge on any atom is 0.325 e. The molecular formula is C15H28N4O5. The molecule has 0 spiro atoms. The van der Waals surface area contributed by atoms with Gasteiger partial charge in [0.05, 0.1) is 6.04 Å². The topological polar surface area (TPSA) is 151 Å². The summed E-state index contributed by atoms with van der Waals surface area (Å²) in [7, 11) is 0. The Labute approximate surface area is 141 Å². The lowest BCUT2D eigenvalue weighted by Gasteiger charge is -2.26. The molecule has 0 aromatic carbocycles. The van der Waals surface area contributed by atoms with E-state index in [2.05, 4.69) is 16.0 Å². The zero-order chi connectivity index (χ0) is 19.0. The number of aliphatic carboxylic acids is 1. The van der Waals surface area contributed by atoms with Gasteiger partial charge in [-0.1, -0.05) is 20.3 Å². The van der Waals surface area contributed by atoms with Crippen molar-refractivity contribution < 1.29 is 24.3 Å². The molecule has 24 heavy (non-hydrogen) atoms. The number of rotatable bonds is 9. The molecule has 0 heterocycles. The minimum absolute atomic E-state index is 0.166. The van der Waals surface area contributed by atoms with Crippen LogP contribution < -0.4 is 21.7 Å². The van der Waals surface area contributed by atoms with Crippen molar-refractivity contribution in [3.05, 3.63) is 0 Å². The highest BCUT2D eigenvalue weighted by Gasteiger charge is 2.29. The number of carboxylic acid groups (broad SMARTS) is 1. The highest BCUT2D eigenvalue weighted by atomic mass is 16.4. The summed E-state index contributed by atoms with van der Waals surface area (Å²) in [5, 5.41) is 16.1. The van der Waals surface area contributed by atoms with Crippen molar-refractivity contribution in [1.29, 1.82) is 0 Å². The van der Waals surface area contributed by atoms with Crippen molar-refractivity contribution in [3.63, 3.8) is 0 Å². The molecule has 0 fully saturated rings. The first kappa shape index (κ1) is 21.8. The molecule has 5 atom stereocenters. The van der Waals surface area contributed by atoms with Gasteiger partial charge in [-0.25, -0.2) is 0 Å². The lowest BCUT2D eigenvalue weighted by atomic mass is 9.97. The summed E-state index contributed by atoms with van der Waals surface area (Å²) < 4.78 is 0. The van der Waals surface area contributed by atoms with Crippen LogP contribution in [0, 0.1) is 5.92 Å². The highest BCUT2D eigenvalue weighted by molar-refractivity contribution is 5.93. The van der Waals surface area contributed by atoms with Gasteiger partial charge in [-0.05, 0) is 26.7 Å². The average Bonchev–Trinajstić information content (AvgIpc) is 2.50. The normalized spacial score (nSPS) is 16.9. The molecule has 3 amide bonds. The van der Waals surface area contributed by atoms with Crippen LogP contribution in [-0.2, 0) is 19.2 Å². The second-order valence-electron chi connectivity index (χ2n) is 5.96. The number of nitrogens with two attached hydrogens (primary N) is 1. The summed E-state index contributed by atoms with van der Waals surface area (Å²) in [4.78, 5) is 46.8. The third kappa shape index (κ3) is 6.95. The first-order valence-electron chi connectivity index (χ1n) is 7.90. The Morgan fingerprint density at radius 3 is 1.79 bits per heavy atom. The van der Waals surface area contributed by atoms with Crippen LogP contribution in [0.4, 0.5) is 0 Å². The number of hydrogen-bond donors (Lipinski definition) is 5. The lowest BCUT2D eigenvalue weighted by Crippen LogP contribution is -2.57. The minimum atomic E-state index is -1.18. The predicted octanol–water partition coefficient (Wildman–Crippen LogP) is -1.04. The van der Waals surface area contributed by atoms with Gasteiger partial charge in [-0.15, -0.1) is 0 Å². The summed E-state index contributed by atoms with van der Waals surface area (Å²) in [5.41, 5.74) is 5.50. The molecule has 0 aromatic rings.